The van der Waals surface area contributed by atoms with Crippen LogP contribution in [0.2, 0.25) is 0 Å². The second-order valence-corrected chi connectivity index (χ2v) is 6.24. The molecule has 1 unspecified atom stereocenters. The van der Waals surface area contributed by atoms with Crippen molar-refractivity contribution in [3.8, 4) is 0 Å². The Morgan fingerprint density at radius 3 is 2.94 bits per heavy atom. The summed E-state index contributed by atoms with van der Waals surface area (Å²) in [5.74, 6) is 0. The number of rotatable bonds is 3. The molecular formula is C15H18N2S. The van der Waals surface area contributed by atoms with Crippen molar-refractivity contribution < 1.29 is 0 Å². The lowest BCUT2D eigenvalue weighted by molar-refractivity contribution is 0.428. The molecule has 0 saturated carbocycles. The van der Waals surface area contributed by atoms with Crippen LogP contribution in [-0.4, -0.2) is 11.5 Å². The molecule has 1 aromatic carbocycles. The fourth-order valence-corrected chi connectivity index (χ4v) is 3.68. The fourth-order valence-electron chi connectivity index (χ4n) is 3.07. The van der Waals surface area contributed by atoms with Gasteiger partial charge < -0.3 is 5.73 Å². The Morgan fingerprint density at radius 2 is 2.22 bits per heavy atom. The van der Waals surface area contributed by atoms with Crippen LogP contribution in [0.4, 0.5) is 0 Å². The summed E-state index contributed by atoms with van der Waals surface area (Å²) in [6.45, 7) is 2.77. The van der Waals surface area contributed by atoms with Gasteiger partial charge in [-0.2, -0.15) is 0 Å². The standard InChI is InChI=1S/C15H18N2S/c1-11-17-13(9-18-11)8-15(10-16)7-6-12-4-2-3-5-14(12)15/h2-5,9H,6-8,10,16H2,1H3. The van der Waals surface area contributed by atoms with E-state index in [-0.39, 0.29) is 5.41 Å². The van der Waals surface area contributed by atoms with Crippen LogP contribution in [0.5, 0.6) is 0 Å². The van der Waals surface area contributed by atoms with Gasteiger partial charge in [0.05, 0.1) is 10.7 Å². The molecule has 1 aromatic heterocycles. The fraction of sp³-hybridized carbons (Fsp3) is 0.400. The van der Waals surface area contributed by atoms with Gasteiger partial charge in [0.15, 0.2) is 0 Å². The summed E-state index contributed by atoms with van der Waals surface area (Å²) in [6, 6.07) is 8.73. The van der Waals surface area contributed by atoms with Crippen LogP contribution in [0.15, 0.2) is 29.6 Å². The van der Waals surface area contributed by atoms with Gasteiger partial charge in [-0.3, -0.25) is 0 Å². The number of benzene rings is 1. The third-order valence-corrected chi connectivity index (χ3v) is 4.86. The minimum Gasteiger partial charge on any atom is -0.330 e. The van der Waals surface area contributed by atoms with Gasteiger partial charge in [0.25, 0.3) is 0 Å². The number of aromatic nitrogens is 1. The van der Waals surface area contributed by atoms with E-state index in [4.69, 9.17) is 5.73 Å². The molecule has 1 aliphatic rings. The van der Waals surface area contributed by atoms with E-state index < -0.39 is 0 Å². The van der Waals surface area contributed by atoms with Crippen LogP contribution in [0, 0.1) is 6.92 Å². The number of fused-ring (bicyclic) bond motifs is 1. The predicted octanol–water partition coefficient (Wildman–Crippen LogP) is 2.84. The van der Waals surface area contributed by atoms with Crippen LogP contribution < -0.4 is 5.73 Å². The van der Waals surface area contributed by atoms with E-state index in [1.165, 1.54) is 16.8 Å². The van der Waals surface area contributed by atoms with E-state index in [0.29, 0.717) is 6.54 Å². The van der Waals surface area contributed by atoms with E-state index in [0.717, 1.165) is 24.3 Å². The molecule has 2 N–H and O–H groups in total. The molecule has 0 amide bonds. The summed E-state index contributed by atoms with van der Waals surface area (Å²) in [7, 11) is 0. The number of hydrogen-bond acceptors (Lipinski definition) is 3. The van der Waals surface area contributed by atoms with Crippen LogP contribution in [0.25, 0.3) is 0 Å². The largest absolute Gasteiger partial charge is 0.330 e. The Balaban J connectivity index is 1.97. The Hall–Kier alpha value is -1.19. The highest BCUT2D eigenvalue weighted by Crippen LogP contribution is 2.40. The SMILES string of the molecule is Cc1nc(CC2(CN)CCc3ccccc32)cs1. The van der Waals surface area contributed by atoms with E-state index in [1.807, 2.05) is 0 Å². The summed E-state index contributed by atoms with van der Waals surface area (Å²) in [4.78, 5) is 4.60. The Bertz CT molecular complexity index is 561. The molecule has 2 nitrogen and oxygen atoms in total. The van der Waals surface area contributed by atoms with Crippen molar-refractivity contribution in [1.29, 1.82) is 0 Å². The molecule has 1 heterocycles. The van der Waals surface area contributed by atoms with Crippen LogP contribution in [0.1, 0.15) is 28.2 Å². The van der Waals surface area contributed by atoms with Crippen molar-refractivity contribution in [2.75, 3.05) is 6.54 Å². The summed E-state index contributed by atoms with van der Waals surface area (Å²) in [5, 5.41) is 3.32. The maximum absolute atomic E-state index is 6.11. The van der Waals surface area contributed by atoms with Crippen molar-refractivity contribution in [3.05, 3.63) is 51.5 Å². The Morgan fingerprint density at radius 1 is 1.39 bits per heavy atom. The lowest BCUT2D eigenvalue weighted by Crippen LogP contribution is -2.35. The van der Waals surface area contributed by atoms with Gasteiger partial charge in [-0.15, -0.1) is 11.3 Å². The van der Waals surface area contributed by atoms with Crippen LogP contribution in [0.3, 0.4) is 0 Å². The average molecular weight is 258 g/mol. The summed E-state index contributed by atoms with van der Waals surface area (Å²) in [5.41, 5.74) is 10.3. The van der Waals surface area contributed by atoms with E-state index in [2.05, 4.69) is 41.6 Å². The normalized spacial score (nSPS) is 22.1. The van der Waals surface area contributed by atoms with Crippen molar-refractivity contribution in [3.63, 3.8) is 0 Å². The molecule has 0 spiro atoms. The maximum atomic E-state index is 6.11. The van der Waals surface area contributed by atoms with Crippen molar-refractivity contribution in [2.45, 2.75) is 31.6 Å². The zero-order valence-corrected chi connectivity index (χ0v) is 11.5. The lowest BCUT2D eigenvalue weighted by atomic mass is 9.78. The van der Waals surface area contributed by atoms with E-state index in [1.54, 1.807) is 11.3 Å². The average Bonchev–Trinajstić information content (AvgIpc) is 2.96. The monoisotopic (exact) mass is 258 g/mol. The molecular weight excluding hydrogens is 240 g/mol. The number of nitrogens with zero attached hydrogens (tertiary/aromatic N) is 1. The number of aryl methyl sites for hydroxylation is 2. The predicted molar refractivity (Wildman–Crippen MR) is 76.1 cm³/mol. The third-order valence-electron chi connectivity index (χ3n) is 4.04. The first kappa shape index (κ1) is 11.9. The smallest absolute Gasteiger partial charge is 0.0897 e. The molecule has 3 rings (SSSR count). The molecule has 2 aromatic rings. The Kier molecular flexibility index (Phi) is 2.96. The highest BCUT2D eigenvalue weighted by molar-refractivity contribution is 7.09. The summed E-state index contributed by atoms with van der Waals surface area (Å²) in [6.07, 6.45) is 3.28. The second-order valence-electron chi connectivity index (χ2n) is 5.18. The van der Waals surface area contributed by atoms with Gasteiger partial charge in [0.2, 0.25) is 0 Å². The van der Waals surface area contributed by atoms with Crippen LogP contribution in [-0.2, 0) is 18.3 Å². The van der Waals surface area contributed by atoms with Crippen molar-refractivity contribution in [2.24, 2.45) is 5.73 Å². The zero-order valence-electron chi connectivity index (χ0n) is 10.6. The minimum atomic E-state index is 0.108. The molecule has 0 radical (unpaired) electrons. The highest BCUT2D eigenvalue weighted by Gasteiger charge is 2.37. The zero-order chi connectivity index (χ0) is 12.6. The quantitative estimate of drug-likeness (QED) is 0.919. The highest BCUT2D eigenvalue weighted by atomic mass is 32.1. The molecule has 3 heteroatoms. The van der Waals surface area contributed by atoms with Gasteiger partial charge in [0, 0.05) is 23.8 Å². The summed E-state index contributed by atoms with van der Waals surface area (Å²) >= 11 is 1.73. The topological polar surface area (TPSA) is 38.9 Å². The van der Waals surface area contributed by atoms with Gasteiger partial charge >= 0.3 is 0 Å². The van der Waals surface area contributed by atoms with Gasteiger partial charge in [-0.1, -0.05) is 24.3 Å². The van der Waals surface area contributed by atoms with Gasteiger partial charge in [-0.05, 0) is 30.9 Å². The van der Waals surface area contributed by atoms with Gasteiger partial charge in [-0.25, -0.2) is 4.98 Å². The lowest BCUT2D eigenvalue weighted by Gasteiger charge is -2.28. The molecule has 1 aliphatic carbocycles. The van der Waals surface area contributed by atoms with E-state index >= 15 is 0 Å². The number of hydrogen-bond donors (Lipinski definition) is 1. The van der Waals surface area contributed by atoms with E-state index in [9.17, 15) is 0 Å². The van der Waals surface area contributed by atoms with Crippen LogP contribution >= 0.6 is 11.3 Å². The minimum absolute atomic E-state index is 0.108. The second kappa shape index (κ2) is 4.48. The first-order valence-corrected chi connectivity index (χ1v) is 7.31. The molecule has 0 fully saturated rings. The Labute approximate surface area is 112 Å². The molecule has 0 saturated heterocycles. The molecule has 0 bridgehead atoms. The molecule has 1 atom stereocenters. The third kappa shape index (κ3) is 1.88. The maximum Gasteiger partial charge on any atom is 0.0897 e. The summed E-state index contributed by atoms with van der Waals surface area (Å²) < 4.78 is 0. The first-order valence-electron chi connectivity index (χ1n) is 6.43. The van der Waals surface area contributed by atoms with Gasteiger partial charge in [0.1, 0.15) is 0 Å². The first-order chi connectivity index (χ1) is 8.73. The number of thiazole rings is 1. The number of nitrogens with two attached hydrogens (primary N) is 1. The van der Waals surface area contributed by atoms with Crippen molar-refractivity contribution in [1.82, 2.24) is 4.98 Å². The van der Waals surface area contributed by atoms with Crippen molar-refractivity contribution >= 4 is 11.3 Å². The molecule has 94 valence electrons. The molecule has 18 heavy (non-hydrogen) atoms. The molecule has 0 aliphatic heterocycles.